The molecule has 2 amide bonds. The van der Waals surface area contributed by atoms with E-state index in [1.54, 1.807) is 24.3 Å². The number of hydrogen-bond donors (Lipinski definition) is 0. The number of amides is 2. The van der Waals surface area contributed by atoms with Gasteiger partial charge in [-0.1, -0.05) is 18.2 Å². The molecule has 0 saturated heterocycles. The molecule has 0 aliphatic carbocycles. The zero-order valence-electron chi connectivity index (χ0n) is 8.14. The summed E-state index contributed by atoms with van der Waals surface area (Å²) in [7, 11) is 1.42. The van der Waals surface area contributed by atoms with Crippen molar-refractivity contribution in [2.45, 2.75) is 0 Å². The van der Waals surface area contributed by atoms with E-state index >= 15 is 0 Å². The second-order valence-electron chi connectivity index (χ2n) is 3.13. The van der Waals surface area contributed by atoms with Crippen molar-refractivity contribution >= 4 is 11.8 Å². The molecule has 0 fully saturated rings. The van der Waals surface area contributed by atoms with E-state index in [1.807, 2.05) is 6.07 Å². The summed E-state index contributed by atoms with van der Waals surface area (Å²) in [6.07, 6.45) is 1.19. The van der Waals surface area contributed by atoms with Crippen LogP contribution in [0.1, 0.15) is 0 Å². The molecule has 1 aromatic carbocycles. The van der Waals surface area contributed by atoms with Crippen LogP contribution < -0.4 is 4.74 Å². The standard InChI is InChI=1S/C11H9NO3/c1-12-10(13)7-9(11(12)14)15-8-5-3-2-4-6-8/h2-7H,1H3. The maximum atomic E-state index is 11.4. The fraction of sp³-hybridized carbons (Fsp3) is 0.0909. The molecule has 2 rings (SSSR count). The fourth-order valence-corrected chi connectivity index (χ4v) is 1.22. The van der Waals surface area contributed by atoms with E-state index in [2.05, 4.69) is 0 Å². The van der Waals surface area contributed by atoms with Crippen LogP contribution in [-0.2, 0) is 9.59 Å². The molecule has 76 valence electrons. The van der Waals surface area contributed by atoms with E-state index in [-0.39, 0.29) is 11.7 Å². The topological polar surface area (TPSA) is 46.6 Å². The van der Waals surface area contributed by atoms with E-state index in [4.69, 9.17) is 4.74 Å². The van der Waals surface area contributed by atoms with Gasteiger partial charge in [0.15, 0.2) is 5.76 Å². The summed E-state index contributed by atoms with van der Waals surface area (Å²) < 4.78 is 5.28. The van der Waals surface area contributed by atoms with Gasteiger partial charge in [-0.2, -0.15) is 0 Å². The van der Waals surface area contributed by atoms with Crippen molar-refractivity contribution in [3.8, 4) is 5.75 Å². The number of hydrogen-bond acceptors (Lipinski definition) is 3. The molecule has 0 saturated carbocycles. The van der Waals surface area contributed by atoms with Crippen LogP contribution in [0.3, 0.4) is 0 Å². The number of benzene rings is 1. The Bertz CT molecular complexity index is 436. The average molecular weight is 203 g/mol. The first-order valence-electron chi connectivity index (χ1n) is 4.45. The first-order chi connectivity index (χ1) is 7.18. The van der Waals surface area contributed by atoms with Gasteiger partial charge in [0.05, 0.1) is 6.08 Å². The molecule has 1 heterocycles. The van der Waals surface area contributed by atoms with Crippen LogP contribution in [-0.4, -0.2) is 23.8 Å². The molecular formula is C11H9NO3. The predicted octanol–water partition coefficient (Wildman–Crippen LogP) is 0.948. The third-order valence-electron chi connectivity index (χ3n) is 2.07. The second kappa shape index (κ2) is 3.57. The van der Waals surface area contributed by atoms with Gasteiger partial charge in [-0.15, -0.1) is 0 Å². The number of likely N-dealkylation sites (N-methyl/N-ethyl adjacent to an activating group) is 1. The molecule has 1 aliphatic heterocycles. The van der Waals surface area contributed by atoms with Crippen molar-refractivity contribution in [3.63, 3.8) is 0 Å². The van der Waals surface area contributed by atoms with Gasteiger partial charge < -0.3 is 4.74 Å². The lowest BCUT2D eigenvalue weighted by atomic mass is 10.3. The Labute approximate surface area is 86.8 Å². The van der Waals surface area contributed by atoms with Crippen molar-refractivity contribution in [2.75, 3.05) is 7.05 Å². The fourth-order valence-electron chi connectivity index (χ4n) is 1.22. The van der Waals surface area contributed by atoms with E-state index in [1.165, 1.54) is 13.1 Å². The van der Waals surface area contributed by atoms with Gasteiger partial charge in [0, 0.05) is 7.05 Å². The van der Waals surface area contributed by atoms with Crippen LogP contribution in [0.25, 0.3) is 0 Å². The number of nitrogens with zero attached hydrogens (tertiary/aromatic N) is 1. The van der Waals surface area contributed by atoms with Gasteiger partial charge in [-0.3, -0.25) is 14.5 Å². The van der Waals surface area contributed by atoms with Gasteiger partial charge in [-0.05, 0) is 12.1 Å². The SMILES string of the molecule is CN1C(=O)C=C(Oc2ccccc2)C1=O. The number of para-hydroxylation sites is 1. The van der Waals surface area contributed by atoms with Gasteiger partial charge >= 0.3 is 0 Å². The van der Waals surface area contributed by atoms with Crippen molar-refractivity contribution in [2.24, 2.45) is 0 Å². The van der Waals surface area contributed by atoms with Gasteiger partial charge in [0.2, 0.25) is 0 Å². The normalized spacial score (nSPS) is 15.5. The van der Waals surface area contributed by atoms with Crippen LogP contribution in [0.2, 0.25) is 0 Å². The summed E-state index contributed by atoms with van der Waals surface area (Å²) in [5, 5.41) is 0. The third-order valence-corrected chi connectivity index (χ3v) is 2.07. The molecule has 0 aromatic heterocycles. The zero-order chi connectivity index (χ0) is 10.8. The predicted molar refractivity (Wildman–Crippen MR) is 52.9 cm³/mol. The molecule has 1 aromatic rings. The monoisotopic (exact) mass is 203 g/mol. The van der Waals surface area contributed by atoms with Crippen LogP contribution in [0.5, 0.6) is 5.75 Å². The number of ether oxygens (including phenoxy) is 1. The molecule has 0 radical (unpaired) electrons. The van der Waals surface area contributed by atoms with Crippen LogP contribution in [0.15, 0.2) is 42.2 Å². The maximum absolute atomic E-state index is 11.4. The van der Waals surface area contributed by atoms with Crippen molar-refractivity contribution in [1.82, 2.24) is 4.90 Å². The lowest BCUT2D eigenvalue weighted by molar-refractivity contribution is -0.136. The molecule has 0 spiro atoms. The zero-order valence-corrected chi connectivity index (χ0v) is 8.14. The number of rotatable bonds is 2. The Hall–Kier alpha value is -2.10. The van der Waals surface area contributed by atoms with Crippen molar-refractivity contribution < 1.29 is 14.3 Å². The molecule has 15 heavy (non-hydrogen) atoms. The Morgan fingerprint density at radius 1 is 1.13 bits per heavy atom. The van der Waals surface area contributed by atoms with Crippen molar-refractivity contribution in [1.29, 1.82) is 0 Å². The minimum absolute atomic E-state index is 0.0636. The Balaban J connectivity index is 2.18. The molecule has 0 atom stereocenters. The first-order valence-corrected chi connectivity index (χ1v) is 4.45. The summed E-state index contributed by atoms with van der Waals surface area (Å²) in [5.41, 5.74) is 0. The van der Waals surface area contributed by atoms with Crippen LogP contribution in [0.4, 0.5) is 0 Å². The smallest absolute Gasteiger partial charge is 0.296 e. The summed E-state index contributed by atoms with van der Waals surface area (Å²) in [6, 6.07) is 8.87. The van der Waals surface area contributed by atoms with E-state index in [9.17, 15) is 9.59 Å². The summed E-state index contributed by atoms with van der Waals surface area (Å²) in [6.45, 7) is 0. The quantitative estimate of drug-likeness (QED) is 0.672. The number of imide groups is 1. The summed E-state index contributed by atoms with van der Waals surface area (Å²) >= 11 is 0. The average Bonchev–Trinajstić information content (AvgIpc) is 2.48. The molecule has 4 heteroatoms. The summed E-state index contributed by atoms with van der Waals surface area (Å²) in [5.74, 6) is -0.163. The molecule has 1 aliphatic rings. The Morgan fingerprint density at radius 2 is 1.80 bits per heavy atom. The minimum atomic E-state index is -0.413. The maximum Gasteiger partial charge on any atom is 0.296 e. The molecule has 0 bridgehead atoms. The Kier molecular flexibility index (Phi) is 2.25. The molecule has 0 N–H and O–H groups in total. The van der Waals surface area contributed by atoms with Crippen LogP contribution in [0, 0.1) is 0 Å². The van der Waals surface area contributed by atoms with E-state index in [0.29, 0.717) is 5.75 Å². The number of carbonyl (C=O) groups excluding carboxylic acids is 2. The third kappa shape index (κ3) is 1.74. The van der Waals surface area contributed by atoms with Gasteiger partial charge in [0.1, 0.15) is 5.75 Å². The highest BCUT2D eigenvalue weighted by Crippen LogP contribution is 2.17. The highest BCUT2D eigenvalue weighted by molar-refractivity contribution is 6.15. The van der Waals surface area contributed by atoms with E-state index < -0.39 is 5.91 Å². The lowest BCUT2D eigenvalue weighted by Gasteiger charge is -2.07. The largest absolute Gasteiger partial charge is 0.451 e. The minimum Gasteiger partial charge on any atom is -0.451 e. The highest BCUT2D eigenvalue weighted by atomic mass is 16.5. The molecule has 4 nitrogen and oxygen atoms in total. The van der Waals surface area contributed by atoms with Gasteiger partial charge in [-0.25, -0.2) is 0 Å². The van der Waals surface area contributed by atoms with E-state index in [0.717, 1.165) is 4.90 Å². The van der Waals surface area contributed by atoms with Crippen molar-refractivity contribution in [3.05, 3.63) is 42.2 Å². The molecular weight excluding hydrogens is 194 g/mol. The Morgan fingerprint density at radius 3 is 2.33 bits per heavy atom. The molecule has 0 unspecified atom stereocenters. The van der Waals surface area contributed by atoms with Crippen LogP contribution >= 0.6 is 0 Å². The summed E-state index contributed by atoms with van der Waals surface area (Å²) in [4.78, 5) is 23.6. The van der Waals surface area contributed by atoms with Gasteiger partial charge in [0.25, 0.3) is 11.8 Å². The number of carbonyl (C=O) groups is 2. The highest BCUT2D eigenvalue weighted by Gasteiger charge is 2.29. The second-order valence-corrected chi connectivity index (χ2v) is 3.13. The first kappa shape index (κ1) is 9.45. The lowest BCUT2D eigenvalue weighted by Crippen LogP contribution is -2.27.